The summed E-state index contributed by atoms with van der Waals surface area (Å²) >= 11 is 0. The van der Waals surface area contributed by atoms with Gasteiger partial charge in [-0.1, -0.05) is 0 Å². The molecule has 0 unspecified atom stereocenters. The van der Waals surface area contributed by atoms with Crippen LogP contribution in [-0.4, -0.2) is 49.1 Å². The number of aromatic amines is 1. The molecule has 1 aliphatic rings. The minimum Gasteiger partial charge on any atom is -0.497 e. The molecule has 116 valence electrons. The highest BCUT2D eigenvalue weighted by molar-refractivity contribution is 5.78. The van der Waals surface area contributed by atoms with Gasteiger partial charge in [-0.25, -0.2) is 0 Å². The number of H-pyrrole nitrogens is 1. The maximum Gasteiger partial charge on any atom is 0.228 e. The third kappa shape index (κ3) is 3.24. The number of hydrogen-bond acceptors (Lipinski definition) is 3. The van der Waals surface area contributed by atoms with Gasteiger partial charge in [0.1, 0.15) is 5.75 Å². The normalized spacial score (nSPS) is 15.0. The molecule has 0 atom stereocenters. The van der Waals surface area contributed by atoms with Crippen molar-refractivity contribution in [2.45, 2.75) is 6.42 Å². The van der Waals surface area contributed by atoms with Gasteiger partial charge in [-0.3, -0.25) is 4.79 Å². The predicted molar refractivity (Wildman–Crippen MR) is 86.3 cm³/mol. The quantitative estimate of drug-likeness (QED) is 0.938. The maximum absolute atomic E-state index is 12.3. The summed E-state index contributed by atoms with van der Waals surface area (Å²) in [7, 11) is 1.67. The average Bonchev–Trinajstić information content (AvgIpc) is 3.08. The Morgan fingerprint density at radius 3 is 2.45 bits per heavy atom. The Bertz CT molecular complexity index is 599. The lowest BCUT2D eigenvalue weighted by atomic mass is 10.2. The summed E-state index contributed by atoms with van der Waals surface area (Å²) < 4.78 is 5.18. The van der Waals surface area contributed by atoms with Crippen molar-refractivity contribution in [1.82, 2.24) is 9.88 Å². The van der Waals surface area contributed by atoms with Crippen molar-refractivity contribution in [2.24, 2.45) is 0 Å². The molecule has 0 saturated carbocycles. The second-order valence-electron chi connectivity index (χ2n) is 5.44. The lowest BCUT2D eigenvalue weighted by Gasteiger charge is -2.36. The van der Waals surface area contributed by atoms with Gasteiger partial charge in [0, 0.05) is 43.8 Å². The van der Waals surface area contributed by atoms with Crippen molar-refractivity contribution >= 4 is 11.6 Å². The van der Waals surface area contributed by atoms with E-state index in [1.807, 2.05) is 35.4 Å². The van der Waals surface area contributed by atoms with Crippen LogP contribution in [-0.2, 0) is 11.2 Å². The van der Waals surface area contributed by atoms with E-state index in [-0.39, 0.29) is 5.91 Å². The SMILES string of the molecule is COc1ccc(N2CCN(C(=O)Cc3ccc[nH]3)CC2)cc1. The molecule has 1 aromatic heterocycles. The van der Waals surface area contributed by atoms with Crippen molar-refractivity contribution in [3.05, 3.63) is 48.3 Å². The zero-order valence-corrected chi connectivity index (χ0v) is 12.8. The van der Waals surface area contributed by atoms with Crippen LogP contribution in [0.4, 0.5) is 5.69 Å². The number of amides is 1. The van der Waals surface area contributed by atoms with Gasteiger partial charge in [0.25, 0.3) is 0 Å². The zero-order valence-electron chi connectivity index (χ0n) is 12.8. The molecule has 0 spiro atoms. The number of hydrogen-bond donors (Lipinski definition) is 1. The lowest BCUT2D eigenvalue weighted by Crippen LogP contribution is -2.49. The summed E-state index contributed by atoms with van der Waals surface area (Å²) in [5.74, 6) is 1.06. The first-order valence-electron chi connectivity index (χ1n) is 7.55. The minimum absolute atomic E-state index is 0.192. The largest absolute Gasteiger partial charge is 0.497 e. The van der Waals surface area contributed by atoms with Crippen molar-refractivity contribution in [2.75, 3.05) is 38.2 Å². The van der Waals surface area contributed by atoms with Crippen LogP contribution in [0.15, 0.2) is 42.6 Å². The predicted octanol–water partition coefficient (Wildman–Crippen LogP) is 1.91. The second-order valence-corrected chi connectivity index (χ2v) is 5.44. The molecule has 1 aromatic carbocycles. The Morgan fingerprint density at radius 1 is 1.14 bits per heavy atom. The van der Waals surface area contributed by atoms with E-state index in [9.17, 15) is 4.79 Å². The molecule has 1 amide bonds. The number of benzene rings is 1. The van der Waals surface area contributed by atoms with Gasteiger partial charge >= 0.3 is 0 Å². The summed E-state index contributed by atoms with van der Waals surface area (Å²) in [5.41, 5.74) is 2.15. The third-order valence-electron chi connectivity index (χ3n) is 4.07. The summed E-state index contributed by atoms with van der Waals surface area (Å²) in [6.45, 7) is 3.27. The lowest BCUT2D eigenvalue weighted by molar-refractivity contribution is -0.130. The van der Waals surface area contributed by atoms with Crippen LogP contribution in [0.2, 0.25) is 0 Å². The standard InChI is InChI=1S/C17H21N3O2/c1-22-16-6-4-15(5-7-16)19-9-11-20(12-10-19)17(21)13-14-3-2-8-18-14/h2-8,18H,9-13H2,1H3. The summed E-state index contributed by atoms with van der Waals surface area (Å²) in [5, 5.41) is 0. The molecular weight excluding hydrogens is 278 g/mol. The number of nitrogens with zero attached hydrogens (tertiary/aromatic N) is 2. The van der Waals surface area contributed by atoms with E-state index in [1.165, 1.54) is 5.69 Å². The maximum atomic E-state index is 12.3. The smallest absolute Gasteiger partial charge is 0.228 e. The Morgan fingerprint density at radius 2 is 1.86 bits per heavy atom. The number of aromatic nitrogens is 1. The van der Waals surface area contributed by atoms with Gasteiger partial charge in [-0.2, -0.15) is 0 Å². The molecule has 5 heteroatoms. The minimum atomic E-state index is 0.192. The number of methoxy groups -OCH3 is 1. The highest BCUT2D eigenvalue weighted by atomic mass is 16.5. The molecule has 1 aliphatic heterocycles. The topological polar surface area (TPSA) is 48.6 Å². The Labute approximate surface area is 130 Å². The molecule has 0 aliphatic carbocycles. The van der Waals surface area contributed by atoms with Crippen LogP contribution in [0.5, 0.6) is 5.75 Å². The van der Waals surface area contributed by atoms with E-state index in [0.29, 0.717) is 6.42 Å². The molecule has 1 N–H and O–H groups in total. The third-order valence-corrected chi connectivity index (χ3v) is 4.07. The van der Waals surface area contributed by atoms with Crippen LogP contribution in [0.3, 0.4) is 0 Å². The molecular formula is C17H21N3O2. The number of carbonyl (C=O) groups excluding carboxylic acids is 1. The van der Waals surface area contributed by atoms with Crippen LogP contribution in [0.1, 0.15) is 5.69 Å². The monoisotopic (exact) mass is 299 g/mol. The van der Waals surface area contributed by atoms with Gasteiger partial charge < -0.3 is 19.5 Å². The number of nitrogens with one attached hydrogen (secondary N) is 1. The van der Waals surface area contributed by atoms with Crippen molar-refractivity contribution in [3.8, 4) is 5.75 Å². The molecule has 1 saturated heterocycles. The molecule has 1 fully saturated rings. The Kier molecular flexibility index (Phi) is 4.32. The first-order chi connectivity index (χ1) is 10.8. The van der Waals surface area contributed by atoms with Crippen LogP contribution in [0, 0.1) is 0 Å². The average molecular weight is 299 g/mol. The number of carbonyl (C=O) groups is 1. The second kappa shape index (κ2) is 6.56. The summed E-state index contributed by atoms with van der Waals surface area (Å²) in [6, 6.07) is 11.9. The Balaban J connectivity index is 1.54. The summed E-state index contributed by atoms with van der Waals surface area (Å²) in [6.07, 6.45) is 2.31. The first kappa shape index (κ1) is 14.5. The molecule has 2 heterocycles. The summed E-state index contributed by atoms with van der Waals surface area (Å²) in [4.78, 5) is 19.6. The van der Waals surface area contributed by atoms with Crippen molar-refractivity contribution in [3.63, 3.8) is 0 Å². The van der Waals surface area contributed by atoms with E-state index in [1.54, 1.807) is 7.11 Å². The fraction of sp³-hybridized carbons (Fsp3) is 0.353. The van der Waals surface area contributed by atoms with E-state index in [0.717, 1.165) is 37.6 Å². The van der Waals surface area contributed by atoms with E-state index in [2.05, 4.69) is 22.0 Å². The van der Waals surface area contributed by atoms with Crippen LogP contribution >= 0.6 is 0 Å². The highest BCUT2D eigenvalue weighted by Gasteiger charge is 2.21. The van der Waals surface area contributed by atoms with Gasteiger partial charge in [0.15, 0.2) is 0 Å². The fourth-order valence-electron chi connectivity index (χ4n) is 2.76. The first-order valence-corrected chi connectivity index (χ1v) is 7.55. The zero-order chi connectivity index (χ0) is 15.4. The molecule has 5 nitrogen and oxygen atoms in total. The van der Waals surface area contributed by atoms with Gasteiger partial charge in [0.05, 0.1) is 13.5 Å². The molecule has 3 rings (SSSR count). The highest BCUT2D eigenvalue weighted by Crippen LogP contribution is 2.20. The van der Waals surface area contributed by atoms with Crippen LogP contribution in [0.25, 0.3) is 0 Å². The number of rotatable bonds is 4. The van der Waals surface area contributed by atoms with Gasteiger partial charge in [0.2, 0.25) is 5.91 Å². The van der Waals surface area contributed by atoms with Gasteiger partial charge in [-0.15, -0.1) is 0 Å². The number of anilines is 1. The van der Waals surface area contributed by atoms with E-state index >= 15 is 0 Å². The Hall–Kier alpha value is -2.43. The molecule has 22 heavy (non-hydrogen) atoms. The van der Waals surface area contributed by atoms with Crippen molar-refractivity contribution < 1.29 is 9.53 Å². The fourth-order valence-corrected chi connectivity index (χ4v) is 2.76. The van der Waals surface area contributed by atoms with E-state index < -0.39 is 0 Å². The van der Waals surface area contributed by atoms with E-state index in [4.69, 9.17) is 4.74 Å². The number of piperazine rings is 1. The molecule has 0 radical (unpaired) electrons. The van der Waals surface area contributed by atoms with Gasteiger partial charge in [-0.05, 0) is 36.4 Å². The number of ether oxygens (including phenoxy) is 1. The van der Waals surface area contributed by atoms with Crippen molar-refractivity contribution in [1.29, 1.82) is 0 Å². The van der Waals surface area contributed by atoms with Crippen LogP contribution < -0.4 is 9.64 Å². The molecule has 0 bridgehead atoms. The molecule has 2 aromatic rings.